The largest absolute Gasteiger partial charge is 0.452 e. The molecule has 2 rings (SSSR count). The first kappa shape index (κ1) is 11.2. The fourth-order valence-corrected chi connectivity index (χ4v) is 1.65. The summed E-state index contributed by atoms with van der Waals surface area (Å²) in [5.41, 5.74) is 0.281. The smallest absolute Gasteiger partial charge is 0.261 e. The van der Waals surface area contributed by atoms with Crippen LogP contribution < -0.4 is 5.32 Å². The van der Waals surface area contributed by atoms with Gasteiger partial charge in [0, 0.05) is 10.7 Å². The van der Waals surface area contributed by atoms with Crippen LogP contribution in [0, 0.1) is 0 Å². The van der Waals surface area contributed by atoms with Gasteiger partial charge in [0.1, 0.15) is 5.82 Å². The normalized spacial score (nSPS) is 10.1. The Morgan fingerprint density at radius 3 is 2.94 bits per heavy atom. The summed E-state index contributed by atoms with van der Waals surface area (Å²) in [4.78, 5) is 15.7. The fourth-order valence-electron chi connectivity index (χ4n) is 1.11. The van der Waals surface area contributed by atoms with Crippen LogP contribution in [-0.2, 0) is 0 Å². The maximum absolute atomic E-state index is 11.7. The number of amides is 1. The molecule has 0 fully saturated rings. The first-order chi connectivity index (χ1) is 7.66. The molecule has 0 aliphatic heterocycles. The summed E-state index contributed by atoms with van der Waals surface area (Å²) in [7, 11) is 0. The van der Waals surface area contributed by atoms with Crippen LogP contribution in [0.3, 0.4) is 0 Å². The van der Waals surface area contributed by atoms with E-state index in [1.807, 2.05) is 0 Å². The third-order valence-corrected chi connectivity index (χ3v) is 2.61. The molecular formula is C10H6BrClN2O2. The number of aromatic nitrogens is 1. The van der Waals surface area contributed by atoms with E-state index in [0.29, 0.717) is 5.82 Å². The van der Waals surface area contributed by atoms with Gasteiger partial charge in [0.05, 0.1) is 11.8 Å². The molecule has 0 aliphatic carbocycles. The highest BCUT2D eigenvalue weighted by molar-refractivity contribution is 9.10. The van der Waals surface area contributed by atoms with Crippen molar-refractivity contribution in [3.05, 3.63) is 45.9 Å². The van der Waals surface area contributed by atoms with E-state index < -0.39 is 0 Å². The monoisotopic (exact) mass is 300 g/mol. The molecule has 1 N–H and O–H groups in total. The van der Waals surface area contributed by atoms with Crippen molar-refractivity contribution in [1.29, 1.82) is 0 Å². The Hall–Kier alpha value is -1.33. The number of carbonyl (C=O) groups excluding carboxylic acids is 1. The Kier molecular flexibility index (Phi) is 3.26. The summed E-state index contributed by atoms with van der Waals surface area (Å²) in [6, 6.07) is 4.95. The van der Waals surface area contributed by atoms with Crippen LogP contribution in [0.1, 0.15) is 10.4 Å². The topological polar surface area (TPSA) is 55.1 Å². The van der Waals surface area contributed by atoms with Gasteiger partial charge in [-0.25, -0.2) is 4.98 Å². The molecule has 0 aromatic carbocycles. The lowest BCUT2D eigenvalue weighted by Gasteiger charge is -2.02. The molecule has 0 unspecified atom stereocenters. The van der Waals surface area contributed by atoms with Gasteiger partial charge in [0.25, 0.3) is 5.91 Å². The van der Waals surface area contributed by atoms with Gasteiger partial charge in [0.2, 0.25) is 5.22 Å². The first-order valence-electron chi connectivity index (χ1n) is 4.33. The van der Waals surface area contributed by atoms with Gasteiger partial charge in [-0.2, -0.15) is 0 Å². The number of pyridine rings is 1. The molecule has 2 aromatic rings. The highest BCUT2D eigenvalue weighted by Gasteiger charge is 2.13. The summed E-state index contributed by atoms with van der Waals surface area (Å²) >= 11 is 8.95. The second kappa shape index (κ2) is 4.67. The van der Waals surface area contributed by atoms with E-state index in [1.165, 1.54) is 12.3 Å². The fraction of sp³-hybridized carbons (Fsp3) is 0. The second-order valence-electron chi connectivity index (χ2n) is 2.92. The zero-order valence-corrected chi connectivity index (χ0v) is 10.2. The molecule has 2 heterocycles. The van der Waals surface area contributed by atoms with Crippen molar-refractivity contribution in [1.82, 2.24) is 4.98 Å². The minimum Gasteiger partial charge on any atom is -0.452 e. The highest BCUT2D eigenvalue weighted by atomic mass is 79.9. The molecule has 4 nitrogen and oxygen atoms in total. The van der Waals surface area contributed by atoms with Crippen LogP contribution in [0.4, 0.5) is 5.82 Å². The van der Waals surface area contributed by atoms with E-state index in [9.17, 15) is 4.79 Å². The third kappa shape index (κ3) is 2.43. The van der Waals surface area contributed by atoms with E-state index in [0.717, 1.165) is 4.47 Å². The number of nitrogens with zero attached hydrogens (tertiary/aromatic N) is 1. The SMILES string of the molecule is O=C(Nc1cc(Br)ccn1)c1ccoc1Cl. The van der Waals surface area contributed by atoms with Crippen molar-refractivity contribution in [2.75, 3.05) is 5.32 Å². The number of nitrogens with one attached hydrogen (secondary N) is 1. The number of rotatable bonds is 2. The van der Waals surface area contributed by atoms with Crippen LogP contribution in [-0.4, -0.2) is 10.9 Å². The van der Waals surface area contributed by atoms with E-state index in [-0.39, 0.29) is 16.7 Å². The van der Waals surface area contributed by atoms with E-state index in [1.54, 1.807) is 18.3 Å². The van der Waals surface area contributed by atoms with E-state index >= 15 is 0 Å². The molecule has 0 radical (unpaired) electrons. The Morgan fingerprint density at radius 1 is 1.50 bits per heavy atom. The number of furan rings is 1. The Bertz CT molecular complexity index is 527. The van der Waals surface area contributed by atoms with Gasteiger partial charge in [-0.3, -0.25) is 4.79 Å². The average molecular weight is 302 g/mol. The number of halogens is 2. The summed E-state index contributed by atoms with van der Waals surface area (Å²) in [6.07, 6.45) is 2.93. The molecular weight excluding hydrogens is 295 g/mol. The van der Waals surface area contributed by atoms with Gasteiger partial charge in [0.15, 0.2) is 0 Å². The van der Waals surface area contributed by atoms with Gasteiger partial charge in [-0.15, -0.1) is 0 Å². The molecule has 1 amide bonds. The molecule has 0 atom stereocenters. The lowest BCUT2D eigenvalue weighted by atomic mass is 10.3. The molecule has 0 spiro atoms. The quantitative estimate of drug-likeness (QED) is 0.925. The van der Waals surface area contributed by atoms with Gasteiger partial charge in [-0.1, -0.05) is 15.9 Å². The molecule has 6 heteroatoms. The van der Waals surface area contributed by atoms with E-state index in [2.05, 4.69) is 26.2 Å². The minimum atomic E-state index is -0.357. The molecule has 82 valence electrons. The Balaban J connectivity index is 2.17. The lowest BCUT2D eigenvalue weighted by Crippen LogP contribution is -2.12. The van der Waals surface area contributed by atoms with Gasteiger partial charge < -0.3 is 9.73 Å². The van der Waals surface area contributed by atoms with Gasteiger partial charge in [-0.05, 0) is 29.8 Å². The Labute approximate surface area is 105 Å². The third-order valence-electron chi connectivity index (χ3n) is 1.83. The first-order valence-corrected chi connectivity index (χ1v) is 5.50. The summed E-state index contributed by atoms with van der Waals surface area (Å²) < 4.78 is 5.65. The van der Waals surface area contributed by atoms with Crippen LogP contribution in [0.15, 0.2) is 39.5 Å². The van der Waals surface area contributed by atoms with Crippen molar-refractivity contribution in [2.24, 2.45) is 0 Å². The standard InChI is InChI=1S/C10H6BrClN2O2/c11-6-1-3-13-8(5-6)14-10(15)7-2-4-16-9(7)12/h1-5H,(H,13,14,15). The number of hydrogen-bond donors (Lipinski definition) is 1. The lowest BCUT2D eigenvalue weighted by molar-refractivity contribution is 0.102. The predicted molar refractivity (Wildman–Crippen MR) is 63.6 cm³/mol. The number of carbonyl (C=O) groups is 1. The zero-order valence-electron chi connectivity index (χ0n) is 7.91. The molecule has 16 heavy (non-hydrogen) atoms. The molecule has 0 bridgehead atoms. The zero-order chi connectivity index (χ0) is 11.5. The minimum absolute atomic E-state index is 0.0625. The molecule has 0 aliphatic rings. The van der Waals surface area contributed by atoms with Gasteiger partial charge >= 0.3 is 0 Å². The van der Waals surface area contributed by atoms with Crippen molar-refractivity contribution >= 4 is 39.3 Å². The summed E-state index contributed by atoms with van der Waals surface area (Å²) in [5.74, 6) is 0.0843. The molecule has 0 saturated carbocycles. The van der Waals surface area contributed by atoms with Crippen LogP contribution in [0.5, 0.6) is 0 Å². The molecule has 2 aromatic heterocycles. The summed E-state index contributed by atoms with van der Waals surface area (Å²) in [5, 5.41) is 2.66. The summed E-state index contributed by atoms with van der Waals surface area (Å²) in [6.45, 7) is 0. The maximum atomic E-state index is 11.7. The van der Waals surface area contributed by atoms with Crippen molar-refractivity contribution < 1.29 is 9.21 Å². The number of hydrogen-bond acceptors (Lipinski definition) is 3. The Morgan fingerprint density at radius 2 is 2.31 bits per heavy atom. The van der Waals surface area contributed by atoms with Crippen molar-refractivity contribution in [3.8, 4) is 0 Å². The number of anilines is 1. The predicted octanol–water partition coefficient (Wildman–Crippen LogP) is 3.34. The van der Waals surface area contributed by atoms with Crippen LogP contribution >= 0.6 is 27.5 Å². The average Bonchev–Trinajstić information content (AvgIpc) is 2.64. The second-order valence-corrected chi connectivity index (χ2v) is 4.18. The molecule has 0 saturated heterocycles. The van der Waals surface area contributed by atoms with E-state index in [4.69, 9.17) is 16.0 Å². The van der Waals surface area contributed by atoms with Crippen molar-refractivity contribution in [2.45, 2.75) is 0 Å². The van der Waals surface area contributed by atoms with Crippen LogP contribution in [0.2, 0.25) is 5.22 Å². The van der Waals surface area contributed by atoms with Crippen LogP contribution in [0.25, 0.3) is 0 Å². The van der Waals surface area contributed by atoms with Crippen molar-refractivity contribution in [3.63, 3.8) is 0 Å². The highest BCUT2D eigenvalue weighted by Crippen LogP contribution is 2.19. The maximum Gasteiger partial charge on any atom is 0.261 e.